The van der Waals surface area contributed by atoms with Crippen LogP contribution in [-0.4, -0.2) is 16.1 Å². The SMILES string of the molecule is Cc1oc(CNc2nc(Cl)cs2)cc1C(=O)O. The number of aromatic nitrogens is 1. The van der Waals surface area contributed by atoms with Crippen LogP contribution in [-0.2, 0) is 6.54 Å². The van der Waals surface area contributed by atoms with Crippen LogP contribution in [0.3, 0.4) is 0 Å². The van der Waals surface area contributed by atoms with E-state index in [1.807, 2.05) is 0 Å². The maximum atomic E-state index is 10.8. The minimum atomic E-state index is -0.991. The van der Waals surface area contributed by atoms with Gasteiger partial charge in [-0.15, -0.1) is 11.3 Å². The third-order valence-electron chi connectivity index (χ3n) is 2.09. The van der Waals surface area contributed by atoms with Gasteiger partial charge < -0.3 is 14.8 Å². The topological polar surface area (TPSA) is 75.4 Å². The zero-order valence-electron chi connectivity index (χ0n) is 8.86. The Morgan fingerprint density at radius 2 is 2.47 bits per heavy atom. The minimum absolute atomic E-state index is 0.180. The van der Waals surface area contributed by atoms with E-state index in [0.29, 0.717) is 28.3 Å². The summed E-state index contributed by atoms with van der Waals surface area (Å²) in [5.41, 5.74) is 0.180. The van der Waals surface area contributed by atoms with E-state index in [0.717, 1.165) is 0 Å². The van der Waals surface area contributed by atoms with Crippen molar-refractivity contribution in [3.63, 3.8) is 0 Å². The molecular formula is C10H9ClN2O3S. The Morgan fingerprint density at radius 1 is 1.71 bits per heavy atom. The molecule has 90 valence electrons. The van der Waals surface area contributed by atoms with Gasteiger partial charge in [-0.3, -0.25) is 0 Å². The second-order valence-corrected chi connectivity index (χ2v) is 4.56. The first-order valence-corrected chi connectivity index (χ1v) is 5.99. The summed E-state index contributed by atoms with van der Waals surface area (Å²) in [5.74, 6) is -0.0486. The van der Waals surface area contributed by atoms with Crippen LogP contribution in [0.1, 0.15) is 21.9 Å². The summed E-state index contributed by atoms with van der Waals surface area (Å²) in [6.45, 7) is 1.99. The molecular weight excluding hydrogens is 264 g/mol. The smallest absolute Gasteiger partial charge is 0.339 e. The van der Waals surface area contributed by atoms with E-state index in [-0.39, 0.29) is 5.56 Å². The Hall–Kier alpha value is -1.53. The van der Waals surface area contributed by atoms with E-state index >= 15 is 0 Å². The van der Waals surface area contributed by atoms with Gasteiger partial charge in [0, 0.05) is 5.38 Å². The predicted molar refractivity (Wildman–Crippen MR) is 64.9 cm³/mol. The van der Waals surface area contributed by atoms with Gasteiger partial charge in [-0.05, 0) is 13.0 Å². The zero-order chi connectivity index (χ0) is 12.4. The molecule has 5 nitrogen and oxygen atoms in total. The highest BCUT2D eigenvalue weighted by Gasteiger charge is 2.13. The highest BCUT2D eigenvalue weighted by molar-refractivity contribution is 7.14. The number of carboxylic acid groups (broad SMARTS) is 1. The normalized spacial score (nSPS) is 10.5. The van der Waals surface area contributed by atoms with E-state index in [9.17, 15) is 4.79 Å². The van der Waals surface area contributed by atoms with Gasteiger partial charge in [0.25, 0.3) is 0 Å². The summed E-state index contributed by atoms with van der Waals surface area (Å²) in [5, 5.41) is 14.7. The predicted octanol–water partition coefficient (Wildman–Crippen LogP) is 3.01. The van der Waals surface area contributed by atoms with Crippen molar-refractivity contribution in [2.45, 2.75) is 13.5 Å². The maximum Gasteiger partial charge on any atom is 0.339 e. The number of anilines is 1. The molecule has 0 fully saturated rings. The number of rotatable bonds is 4. The van der Waals surface area contributed by atoms with Gasteiger partial charge in [0.1, 0.15) is 22.2 Å². The van der Waals surface area contributed by atoms with Crippen molar-refractivity contribution in [2.24, 2.45) is 0 Å². The van der Waals surface area contributed by atoms with E-state index in [4.69, 9.17) is 21.1 Å². The van der Waals surface area contributed by atoms with Crippen molar-refractivity contribution in [1.82, 2.24) is 4.98 Å². The summed E-state index contributed by atoms with van der Waals surface area (Å²) < 4.78 is 5.31. The highest BCUT2D eigenvalue weighted by atomic mass is 35.5. The molecule has 0 aliphatic rings. The third-order valence-corrected chi connectivity index (χ3v) is 3.21. The summed E-state index contributed by atoms with van der Waals surface area (Å²) in [7, 11) is 0. The van der Waals surface area contributed by atoms with Crippen molar-refractivity contribution < 1.29 is 14.3 Å². The Bertz CT molecular complexity index is 549. The van der Waals surface area contributed by atoms with Crippen LogP contribution in [0.25, 0.3) is 0 Å². The van der Waals surface area contributed by atoms with Crippen molar-refractivity contribution in [2.75, 3.05) is 5.32 Å². The molecule has 0 bridgehead atoms. The fourth-order valence-electron chi connectivity index (χ4n) is 1.34. The molecule has 2 rings (SSSR count). The number of thiazole rings is 1. The number of aromatic carboxylic acids is 1. The lowest BCUT2D eigenvalue weighted by Crippen LogP contribution is -1.98. The Labute approximate surface area is 106 Å². The Balaban J connectivity index is 2.04. The molecule has 0 aromatic carbocycles. The standard InChI is InChI=1S/C10H9ClN2O3S/c1-5-7(9(14)15)2-6(16-5)3-12-10-13-8(11)4-17-10/h2,4H,3H2,1H3,(H,12,13)(H,14,15). The van der Waals surface area contributed by atoms with Crippen LogP contribution in [0.15, 0.2) is 15.9 Å². The molecule has 2 heterocycles. The number of hydrogen-bond donors (Lipinski definition) is 2. The second kappa shape index (κ2) is 4.77. The lowest BCUT2D eigenvalue weighted by molar-refractivity contribution is 0.0695. The summed E-state index contributed by atoms with van der Waals surface area (Å²) in [6, 6.07) is 1.50. The van der Waals surface area contributed by atoms with E-state index in [1.54, 1.807) is 12.3 Å². The van der Waals surface area contributed by atoms with Gasteiger partial charge in [-0.2, -0.15) is 0 Å². The molecule has 0 amide bonds. The lowest BCUT2D eigenvalue weighted by atomic mass is 10.2. The zero-order valence-corrected chi connectivity index (χ0v) is 10.4. The molecule has 0 unspecified atom stereocenters. The monoisotopic (exact) mass is 272 g/mol. The molecule has 17 heavy (non-hydrogen) atoms. The number of nitrogens with one attached hydrogen (secondary N) is 1. The van der Waals surface area contributed by atoms with Crippen molar-refractivity contribution in [3.8, 4) is 0 Å². The number of carboxylic acids is 1. The Morgan fingerprint density at radius 3 is 3.00 bits per heavy atom. The van der Waals surface area contributed by atoms with Gasteiger partial charge in [-0.25, -0.2) is 9.78 Å². The summed E-state index contributed by atoms with van der Waals surface area (Å²) >= 11 is 7.05. The number of furan rings is 1. The molecule has 0 aliphatic carbocycles. The summed E-state index contributed by atoms with van der Waals surface area (Å²) in [6.07, 6.45) is 0. The van der Waals surface area contributed by atoms with Gasteiger partial charge >= 0.3 is 5.97 Å². The first-order valence-electron chi connectivity index (χ1n) is 4.74. The summed E-state index contributed by atoms with van der Waals surface area (Å²) in [4.78, 5) is 14.8. The molecule has 7 heteroatoms. The number of nitrogens with zero attached hydrogens (tertiary/aromatic N) is 1. The van der Waals surface area contributed by atoms with Crippen LogP contribution < -0.4 is 5.32 Å². The number of hydrogen-bond acceptors (Lipinski definition) is 5. The van der Waals surface area contributed by atoms with Crippen molar-refractivity contribution in [1.29, 1.82) is 0 Å². The molecule has 0 radical (unpaired) electrons. The molecule has 0 aliphatic heterocycles. The quantitative estimate of drug-likeness (QED) is 0.895. The Kier molecular flexibility index (Phi) is 3.35. The van der Waals surface area contributed by atoms with Gasteiger partial charge in [0.15, 0.2) is 5.13 Å². The third kappa shape index (κ3) is 2.78. The van der Waals surface area contributed by atoms with E-state index in [1.165, 1.54) is 17.4 Å². The number of carbonyl (C=O) groups is 1. The van der Waals surface area contributed by atoms with Gasteiger partial charge in [0.2, 0.25) is 0 Å². The maximum absolute atomic E-state index is 10.8. The largest absolute Gasteiger partial charge is 0.478 e. The molecule has 0 saturated carbocycles. The highest BCUT2D eigenvalue weighted by Crippen LogP contribution is 2.21. The van der Waals surface area contributed by atoms with Gasteiger partial charge in [-0.1, -0.05) is 11.6 Å². The lowest BCUT2D eigenvalue weighted by Gasteiger charge is -1.97. The van der Waals surface area contributed by atoms with Crippen LogP contribution >= 0.6 is 22.9 Å². The van der Waals surface area contributed by atoms with Crippen molar-refractivity contribution >= 4 is 34.0 Å². The fourth-order valence-corrected chi connectivity index (χ4v) is 2.18. The van der Waals surface area contributed by atoms with Crippen LogP contribution in [0.4, 0.5) is 5.13 Å². The fraction of sp³-hybridized carbons (Fsp3) is 0.200. The average molecular weight is 273 g/mol. The second-order valence-electron chi connectivity index (χ2n) is 3.32. The number of aryl methyl sites for hydroxylation is 1. The van der Waals surface area contributed by atoms with E-state index < -0.39 is 5.97 Å². The van der Waals surface area contributed by atoms with Crippen LogP contribution in [0, 0.1) is 6.92 Å². The van der Waals surface area contributed by atoms with E-state index in [2.05, 4.69) is 10.3 Å². The van der Waals surface area contributed by atoms with Crippen molar-refractivity contribution in [3.05, 3.63) is 33.7 Å². The molecule has 2 aromatic heterocycles. The first-order chi connectivity index (χ1) is 8.06. The van der Waals surface area contributed by atoms with Crippen LogP contribution in [0.2, 0.25) is 5.15 Å². The molecule has 0 saturated heterocycles. The molecule has 0 atom stereocenters. The molecule has 2 N–H and O–H groups in total. The number of halogens is 1. The first kappa shape index (κ1) is 11.9. The van der Waals surface area contributed by atoms with Gasteiger partial charge in [0.05, 0.1) is 6.54 Å². The average Bonchev–Trinajstić information content (AvgIpc) is 2.82. The minimum Gasteiger partial charge on any atom is -0.478 e. The van der Waals surface area contributed by atoms with Crippen LogP contribution in [0.5, 0.6) is 0 Å². The molecule has 0 spiro atoms. The molecule has 2 aromatic rings.